The van der Waals surface area contributed by atoms with Crippen molar-refractivity contribution in [1.29, 1.82) is 0 Å². The Balaban J connectivity index is 1.98. The van der Waals surface area contributed by atoms with Crippen molar-refractivity contribution in [3.8, 4) is 11.5 Å². The number of aromatic hydroxyl groups is 2. The van der Waals surface area contributed by atoms with Crippen LogP contribution in [0, 0.1) is 5.92 Å². The second-order valence-corrected chi connectivity index (χ2v) is 6.16. The minimum Gasteiger partial charge on any atom is -0.504 e. The van der Waals surface area contributed by atoms with Gasteiger partial charge in [0.25, 0.3) is 0 Å². The summed E-state index contributed by atoms with van der Waals surface area (Å²) in [6.07, 6.45) is 7.58. The minimum absolute atomic E-state index is 0.0185. The Morgan fingerprint density at radius 1 is 1.25 bits per heavy atom. The highest BCUT2D eigenvalue weighted by Crippen LogP contribution is 2.49. The zero-order chi connectivity index (χ0) is 13.9. The van der Waals surface area contributed by atoms with E-state index in [1.165, 1.54) is 12.0 Å². The fourth-order valence-corrected chi connectivity index (χ4v) is 4.07. The van der Waals surface area contributed by atoms with Crippen molar-refractivity contribution in [3.63, 3.8) is 0 Å². The first-order valence-electron chi connectivity index (χ1n) is 7.32. The van der Waals surface area contributed by atoms with Gasteiger partial charge in [-0.05, 0) is 61.5 Å². The molecule has 0 bridgehead atoms. The maximum absolute atomic E-state index is 10.3. The zero-order valence-electron chi connectivity index (χ0n) is 11.6. The summed E-state index contributed by atoms with van der Waals surface area (Å²) < 4.78 is 0. The van der Waals surface area contributed by atoms with E-state index < -0.39 is 0 Å². The number of allylic oxidation sites excluding steroid dienone is 3. The molecule has 20 heavy (non-hydrogen) atoms. The molecule has 0 spiro atoms. The van der Waals surface area contributed by atoms with E-state index in [0.717, 1.165) is 36.1 Å². The van der Waals surface area contributed by atoms with E-state index in [-0.39, 0.29) is 11.5 Å². The lowest BCUT2D eigenvalue weighted by atomic mass is 9.70. The predicted octanol–water partition coefficient (Wildman–Crippen LogP) is 2.69. The third-order valence-corrected chi connectivity index (χ3v) is 5.10. The van der Waals surface area contributed by atoms with Crippen LogP contribution in [0.3, 0.4) is 0 Å². The average Bonchev–Trinajstić information content (AvgIpc) is 2.46. The molecular weight excluding hydrogens is 250 g/mol. The fourth-order valence-electron chi connectivity index (χ4n) is 4.07. The second-order valence-electron chi connectivity index (χ2n) is 6.16. The number of fused-ring (bicyclic) bond motifs is 2. The molecule has 1 fully saturated rings. The molecule has 3 aliphatic rings. The van der Waals surface area contributed by atoms with Crippen molar-refractivity contribution in [1.82, 2.24) is 4.90 Å². The first-order chi connectivity index (χ1) is 9.66. The molecule has 2 unspecified atom stereocenters. The minimum atomic E-state index is -0.0185. The fraction of sp³-hybridized carbons (Fsp3) is 0.412. The maximum Gasteiger partial charge on any atom is 0.165 e. The molecule has 104 valence electrons. The highest BCUT2D eigenvalue weighted by Gasteiger charge is 2.38. The second kappa shape index (κ2) is 4.13. The number of likely N-dealkylation sites (N-methyl/N-ethyl adjacent to an activating group) is 1. The van der Waals surface area contributed by atoms with Gasteiger partial charge in [0.1, 0.15) is 0 Å². The molecule has 0 amide bonds. The van der Waals surface area contributed by atoms with Crippen molar-refractivity contribution < 1.29 is 10.2 Å². The Kier molecular flexibility index (Phi) is 2.48. The van der Waals surface area contributed by atoms with Gasteiger partial charge in [0.2, 0.25) is 0 Å². The van der Waals surface area contributed by atoms with Gasteiger partial charge in [0.05, 0.1) is 0 Å². The van der Waals surface area contributed by atoms with Crippen LogP contribution in [0.4, 0.5) is 0 Å². The number of rotatable bonds is 0. The predicted molar refractivity (Wildman–Crippen MR) is 78.7 cm³/mol. The van der Waals surface area contributed by atoms with Gasteiger partial charge in [-0.1, -0.05) is 18.2 Å². The summed E-state index contributed by atoms with van der Waals surface area (Å²) in [6.45, 7) is 1.14. The molecule has 2 atom stereocenters. The van der Waals surface area contributed by atoms with Crippen LogP contribution in [0.25, 0.3) is 5.57 Å². The lowest BCUT2D eigenvalue weighted by Gasteiger charge is -2.45. The van der Waals surface area contributed by atoms with E-state index in [2.05, 4.69) is 24.1 Å². The summed E-state index contributed by atoms with van der Waals surface area (Å²) in [5.41, 5.74) is 4.61. The molecule has 2 aliphatic carbocycles. The van der Waals surface area contributed by atoms with Gasteiger partial charge in [-0.2, -0.15) is 0 Å². The summed E-state index contributed by atoms with van der Waals surface area (Å²) in [4.78, 5) is 2.43. The number of nitrogens with zero attached hydrogens (tertiary/aromatic N) is 1. The van der Waals surface area contributed by atoms with Crippen LogP contribution in [-0.4, -0.2) is 34.7 Å². The van der Waals surface area contributed by atoms with Crippen LogP contribution < -0.4 is 0 Å². The third kappa shape index (κ3) is 1.50. The van der Waals surface area contributed by atoms with Crippen LogP contribution in [0.1, 0.15) is 24.0 Å². The van der Waals surface area contributed by atoms with Crippen molar-refractivity contribution in [2.24, 2.45) is 5.92 Å². The standard InChI is InChI=1S/C17H19NO2/c1-18-8-7-10-3-2-4-12-15(10)13(18)9-11-5-6-14(19)17(20)16(11)12/h2,4-6,10,13,19-20H,3,7-9H2,1H3. The van der Waals surface area contributed by atoms with Crippen molar-refractivity contribution in [2.45, 2.75) is 25.3 Å². The lowest BCUT2D eigenvalue weighted by molar-refractivity contribution is 0.199. The van der Waals surface area contributed by atoms with E-state index >= 15 is 0 Å². The number of hydrogen-bond acceptors (Lipinski definition) is 3. The van der Waals surface area contributed by atoms with Crippen LogP contribution >= 0.6 is 0 Å². The number of phenolic OH excluding ortho intramolecular Hbond substituents is 2. The third-order valence-electron chi connectivity index (χ3n) is 5.10. The van der Waals surface area contributed by atoms with Crippen LogP contribution in [0.5, 0.6) is 11.5 Å². The van der Waals surface area contributed by atoms with Gasteiger partial charge in [-0.15, -0.1) is 0 Å². The molecule has 4 rings (SSSR count). The summed E-state index contributed by atoms with van der Waals surface area (Å²) in [5.74, 6) is 0.628. The Morgan fingerprint density at radius 3 is 2.95 bits per heavy atom. The van der Waals surface area contributed by atoms with Gasteiger partial charge in [0.15, 0.2) is 11.5 Å². The van der Waals surface area contributed by atoms with Crippen molar-refractivity contribution >= 4 is 5.57 Å². The van der Waals surface area contributed by atoms with Crippen molar-refractivity contribution in [2.75, 3.05) is 13.6 Å². The molecule has 1 saturated heterocycles. The van der Waals surface area contributed by atoms with E-state index in [9.17, 15) is 10.2 Å². The average molecular weight is 269 g/mol. The summed E-state index contributed by atoms with van der Waals surface area (Å²) in [7, 11) is 2.19. The summed E-state index contributed by atoms with van der Waals surface area (Å²) in [5, 5.41) is 20.1. The Hall–Kier alpha value is -1.74. The molecular formula is C17H19NO2. The largest absolute Gasteiger partial charge is 0.504 e. The topological polar surface area (TPSA) is 43.7 Å². The van der Waals surface area contributed by atoms with E-state index in [1.807, 2.05) is 6.07 Å². The normalized spacial score (nSPS) is 28.2. The van der Waals surface area contributed by atoms with Crippen LogP contribution in [0.2, 0.25) is 0 Å². The lowest BCUT2D eigenvalue weighted by Crippen LogP contribution is -2.45. The van der Waals surface area contributed by atoms with E-state index in [0.29, 0.717) is 12.0 Å². The first-order valence-corrected chi connectivity index (χ1v) is 7.32. The Morgan fingerprint density at radius 2 is 2.10 bits per heavy atom. The maximum atomic E-state index is 10.3. The number of benzene rings is 1. The molecule has 3 heteroatoms. The van der Waals surface area contributed by atoms with Gasteiger partial charge in [0, 0.05) is 11.6 Å². The quantitative estimate of drug-likeness (QED) is 0.712. The molecule has 0 aromatic heterocycles. The Bertz CT molecular complexity index is 645. The monoisotopic (exact) mass is 269 g/mol. The molecule has 3 nitrogen and oxygen atoms in total. The number of phenols is 2. The molecule has 2 N–H and O–H groups in total. The zero-order valence-corrected chi connectivity index (χ0v) is 11.6. The highest BCUT2D eigenvalue weighted by atomic mass is 16.3. The van der Waals surface area contributed by atoms with E-state index in [1.54, 1.807) is 6.07 Å². The number of likely N-dealkylation sites (tertiary alicyclic amines) is 1. The molecule has 1 aromatic carbocycles. The van der Waals surface area contributed by atoms with Gasteiger partial charge < -0.3 is 10.2 Å². The van der Waals surface area contributed by atoms with Gasteiger partial charge in [-0.3, -0.25) is 4.90 Å². The molecule has 1 heterocycles. The van der Waals surface area contributed by atoms with Gasteiger partial charge in [-0.25, -0.2) is 0 Å². The first kappa shape index (κ1) is 12.0. The van der Waals surface area contributed by atoms with Crippen LogP contribution in [0.15, 0.2) is 29.9 Å². The Labute approximate surface area is 118 Å². The molecule has 1 aliphatic heterocycles. The smallest absolute Gasteiger partial charge is 0.165 e. The van der Waals surface area contributed by atoms with E-state index in [4.69, 9.17) is 0 Å². The van der Waals surface area contributed by atoms with Gasteiger partial charge >= 0.3 is 0 Å². The number of hydrogen-bond donors (Lipinski definition) is 2. The van der Waals surface area contributed by atoms with Crippen LogP contribution in [-0.2, 0) is 6.42 Å². The number of piperidine rings is 1. The molecule has 1 aromatic rings. The SMILES string of the molecule is CN1CCC2CC=CC3=C2C1Cc1ccc(O)c(O)c13. The van der Waals surface area contributed by atoms with Crippen molar-refractivity contribution in [3.05, 3.63) is 41.0 Å². The molecule has 0 radical (unpaired) electrons. The summed E-state index contributed by atoms with van der Waals surface area (Å²) in [6, 6.07) is 4.01. The highest BCUT2D eigenvalue weighted by molar-refractivity contribution is 5.86. The summed E-state index contributed by atoms with van der Waals surface area (Å²) >= 11 is 0. The molecule has 0 saturated carbocycles.